The van der Waals surface area contributed by atoms with Gasteiger partial charge in [-0.15, -0.1) is 0 Å². The summed E-state index contributed by atoms with van der Waals surface area (Å²) in [4.78, 5) is 0.298. The van der Waals surface area contributed by atoms with Gasteiger partial charge >= 0.3 is 0 Å². The van der Waals surface area contributed by atoms with Crippen molar-refractivity contribution < 1.29 is 8.42 Å². The summed E-state index contributed by atoms with van der Waals surface area (Å²) in [6.45, 7) is 2.09. The molecular formula is C14H16O2S. The lowest BCUT2D eigenvalue weighted by atomic mass is 10.2. The highest BCUT2D eigenvalue weighted by molar-refractivity contribution is 7.94. The number of allylic oxidation sites excluding steroid dienone is 1. The smallest absolute Gasteiger partial charge is 0.200 e. The van der Waals surface area contributed by atoms with Crippen LogP contribution in [0.25, 0.3) is 0 Å². The largest absolute Gasteiger partial charge is 0.219 e. The van der Waals surface area contributed by atoms with Crippen molar-refractivity contribution in [1.82, 2.24) is 0 Å². The molecule has 17 heavy (non-hydrogen) atoms. The lowest BCUT2D eigenvalue weighted by Crippen LogP contribution is -1.94. The normalized spacial score (nSPS) is 11.1. The van der Waals surface area contributed by atoms with Crippen molar-refractivity contribution in [3.05, 3.63) is 41.8 Å². The first kappa shape index (κ1) is 13.5. The van der Waals surface area contributed by atoms with Gasteiger partial charge in [0.2, 0.25) is 0 Å². The van der Waals surface area contributed by atoms with Crippen LogP contribution in [0.1, 0.15) is 26.2 Å². The fourth-order valence-corrected chi connectivity index (χ4v) is 2.15. The molecule has 1 aromatic carbocycles. The molecule has 0 saturated carbocycles. The minimum atomic E-state index is -3.34. The van der Waals surface area contributed by atoms with Crippen LogP contribution in [0, 0.1) is 11.8 Å². The van der Waals surface area contributed by atoms with E-state index in [2.05, 4.69) is 18.8 Å². The molecule has 0 unspecified atom stereocenters. The number of unbranched alkanes of at least 4 members (excludes halogenated alkanes) is 2. The van der Waals surface area contributed by atoms with Gasteiger partial charge in [0.25, 0.3) is 0 Å². The van der Waals surface area contributed by atoms with E-state index in [4.69, 9.17) is 0 Å². The maximum absolute atomic E-state index is 11.8. The van der Waals surface area contributed by atoms with Crippen molar-refractivity contribution in [2.24, 2.45) is 0 Å². The number of hydrogen-bond acceptors (Lipinski definition) is 2. The van der Waals surface area contributed by atoms with Crippen molar-refractivity contribution in [2.75, 3.05) is 0 Å². The number of benzene rings is 1. The predicted octanol–water partition coefficient (Wildman–Crippen LogP) is 3.17. The maximum Gasteiger partial charge on any atom is 0.200 e. The van der Waals surface area contributed by atoms with Crippen LogP contribution in [0.5, 0.6) is 0 Å². The van der Waals surface area contributed by atoms with Crippen molar-refractivity contribution in [3.63, 3.8) is 0 Å². The van der Waals surface area contributed by atoms with Gasteiger partial charge in [0.1, 0.15) is 0 Å². The molecule has 0 fully saturated rings. The Labute approximate surface area is 103 Å². The van der Waals surface area contributed by atoms with Gasteiger partial charge in [-0.05, 0) is 24.6 Å². The highest BCUT2D eigenvalue weighted by atomic mass is 32.2. The first-order valence-electron chi connectivity index (χ1n) is 5.62. The molecule has 0 saturated heterocycles. The van der Waals surface area contributed by atoms with Crippen LogP contribution in [0.2, 0.25) is 0 Å². The van der Waals surface area contributed by atoms with Crippen molar-refractivity contribution in [2.45, 2.75) is 31.1 Å². The lowest BCUT2D eigenvalue weighted by molar-refractivity contribution is 0.604. The highest BCUT2D eigenvalue weighted by Gasteiger charge is 2.07. The topological polar surface area (TPSA) is 34.1 Å². The Morgan fingerprint density at radius 2 is 1.94 bits per heavy atom. The van der Waals surface area contributed by atoms with Gasteiger partial charge in [0, 0.05) is 11.8 Å². The SMILES string of the molecule is CCCCC#C/C=C/S(=O)(=O)c1ccccc1. The molecule has 0 N–H and O–H groups in total. The summed E-state index contributed by atoms with van der Waals surface area (Å²) in [5.74, 6) is 5.65. The number of rotatable bonds is 4. The van der Waals surface area contributed by atoms with Crippen LogP contribution >= 0.6 is 0 Å². The van der Waals surface area contributed by atoms with Gasteiger partial charge in [0.15, 0.2) is 9.84 Å². The van der Waals surface area contributed by atoms with Crippen LogP contribution in [0.3, 0.4) is 0 Å². The summed E-state index contributed by atoms with van der Waals surface area (Å²) in [5.41, 5.74) is 0. The van der Waals surface area contributed by atoms with Gasteiger partial charge < -0.3 is 0 Å². The van der Waals surface area contributed by atoms with E-state index >= 15 is 0 Å². The average Bonchev–Trinajstić information content (AvgIpc) is 2.35. The van der Waals surface area contributed by atoms with E-state index in [1.807, 2.05) is 0 Å². The molecule has 0 atom stereocenters. The van der Waals surface area contributed by atoms with Crippen molar-refractivity contribution >= 4 is 9.84 Å². The standard InChI is InChI=1S/C14H16O2S/c1-2-3-4-5-6-10-13-17(15,16)14-11-8-7-9-12-14/h7-13H,2-4H2,1H3/b13-10+. The van der Waals surface area contributed by atoms with E-state index < -0.39 is 9.84 Å². The first-order chi connectivity index (χ1) is 8.17. The molecular weight excluding hydrogens is 232 g/mol. The monoisotopic (exact) mass is 248 g/mol. The van der Waals surface area contributed by atoms with Gasteiger partial charge in [-0.3, -0.25) is 0 Å². The average molecular weight is 248 g/mol. The Balaban J connectivity index is 2.67. The number of hydrogen-bond donors (Lipinski definition) is 0. The third kappa shape index (κ3) is 4.88. The molecule has 0 aliphatic heterocycles. The molecule has 2 nitrogen and oxygen atoms in total. The minimum absolute atomic E-state index is 0.298. The van der Waals surface area contributed by atoms with E-state index in [-0.39, 0.29) is 0 Å². The lowest BCUT2D eigenvalue weighted by Gasteiger charge is -1.95. The molecule has 0 bridgehead atoms. The molecule has 1 aromatic rings. The van der Waals surface area contributed by atoms with Gasteiger partial charge in [-0.25, -0.2) is 8.42 Å². The second-order valence-corrected chi connectivity index (χ2v) is 5.42. The van der Waals surface area contributed by atoms with E-state index in [0.717, 1.165) is 24.7 Å². The Morgan fingerprint density at radius 1 is 1.24 bits per heavy atom. The third-order valence-electron chi connectivity index (χ3n) is 2.16. The molecule has 90 valence electrons. The summed E-state index contributed by atoms with van der Waals surface area (Å²) < 4.78 is 23.5. The van der Waals surface area contributed by atoms with Crippen LogP contribution in [0.4, 0.5) is 0 Å². The van der Waals surface area contributed by atoms with E-state index in [0.29, 0.717) is 4.90 Å². The molecule has 0 amide bonds. The molecule has 0 radical (unpaired) electrons. The van der Waals surface area contributed by atoms with E-state index in [9.17, 15) is 8.42 Å². The Kier molecular flexibility index (Phi) is 5.51. The molecule has 1 rings (SSSR count). The van der Waals surface area contributed by atoms with Crippen molar-refractivity contribution in [1.29, 1.82) is 0 Å². The van der Waals surface area contributed by atoms with Gasteiger partial charge in [-0.1, -0.05) is 43.4 Å². The van der Waals surface area contributed by atoms with Gasteiger partial charge in [0.05, 0.1) is 4.90 Å². The zero-order valence-electron chi connectivity index (χ0n) is 9.89. The summed E-state index contributed by atoms with van der Waals surface area (Å²) in [6, 6.07) is 8.34. The second-order valence-electron chi connectivity index (χ2n) is 3.59. The molecule has 0 heterocycles. The predicted molar refractivity (Wildman–Crippen MR) is 70.1 cm³/mol. The fourth-order valence-electron chi connectivity index (χ4n) is 1.21. The summed E-state index contributed by atoms with van der Waals surface area (Å²) in [6.07, 6.45) is 4.36. The Hall–Kier alpha value is -1.53. The van der Waals surface area contributed by atoms with Crippen molar-refractivity contribution in [3.8, 4) is 11.8 Å². The Bertz CT molecular complexity index is 516. The minimum Gasteiger partial charge on any atom is -0.219 e. The van der Waals surface area contributed by atoms with Gasteiger partial charge in [-0.2, -0.15) is 0 Å². The quantitative estimate of drug-likeness (QED) is 0.606. The van der Waals surface area contributed by atoms with E-state index in [1.165, 1.54) is 6.08 Å². The highest BCUT2D eigenvalue weighted by Crippen LogP contribution is 2.10. The molecule has 0 aromatic heterocycles. The second kappa shape index (κ2) is 6.93. The third-order valence-corrected chi connectivity index (χ3v) is 3.58. The zero-order chi connectivity index (χ0) is 12.6. The van der Waals surface area contributed by atoms with E-state index in [1.54, 1.807) is 30.3 Å². The summed E-state index contributed by atoms with van der Waals surface area (Å²) >= 11 is 0. The summed E-state index contributed by atoms with van der Waals surface area (Å²) in [7, 11) is -3.34. The Morgan fingerprint density at radius 3 is 2.59 bits per heavy atom. The summed E-state index contributed by atoms with van der Waals surface area (Å²) in [5, 5.41) is 1.15. The first-order valence-corrected chi connectivity index (χ1v) is 7.16. The maximum atomic E-state index is 11.8. The van der Waals surface area contributed by atoms with Crippen LogP contribution in [0.15, 0.2) is 46.7 Å². The number of sulfone groups is 1. The molecule has 3 heteroatoms. The molecule has 0 spiro atoms. The zero-order valence-corrected chi connectivity index (χ0v) is 10.7. The van der Waals surface area contributed by atoms with Crippen LogP contribution in [-0.4, -0.2) is 8.42 Å². The van der Waals surface area contributed by atoms with Crippen LogP contribution in [-0.2, 0) is 9.84 Å². The molecule has 0 aliphatic carbocycles. The fraction of sp³-hybridized carbons (Fsp3) is 0.286. The molecule has 0 aliphatic rings. The van der Waals surface area contributed by atoms with Crippen LogP contribution < -0.4 is 0 Å².